The number of Topliss-reactive ketones (excluding diaryl/α,β-unsaturated/α-hetero) is 1. The predicted octanol–water partition coefficient (Wildman–Crippen LogP) is 4.42. The van der Waals surface area contributed by atoms with E-state index in [2.05, 4.69) is 10.0 Å². The molecule has 0 aliphatic carbocycles. The largest absolute Gasteiger partial charge is 0.295 e. The van der Waals surface area contributed by atoms with E-state index in [9.17, 15) is 4.79 Å². The Morgan fingerprint density at radius 3 is 2.47 bits per heavy atom. The maximum atomic E-state index is 11.5. The summed E-state index contributed by atoms with van der Waals surface area (Å²) in [6, 6.07) is 14.9. The first-order valence-electron chi connectivity index (χ1n) is 5.93. The summed E-state index contributed by atoms with van der Waals surface area (Å²) in [4.78, 5) is 14.3. The molecule has 0 atom stereocenters. The van der Waals surface area contributed by atoms with Gasteiger partial charge in [0.05, 0.1) is 0 Å². The van der Waals surface area contributed by atoms with Crippen LogP contribution >= 0.6 is 0 Å². The summed E-state index contributed by atoms with van der Waals surface area (Å²) in [7, 11) is 0. The summed E-state index contributed by atoms with van der Waals surface area (Å²) in [5.41, 5.74) is 11.8. The third kappa shape index (κ3) is 3.21. The highest BCUT2D eigenvalue weighted by atomic mass is 16.1. The fraction of sp³-hybridized carbons (Fsp3) is 0.133. The zero-order chi connectivity index (χ0) is 13.7. The van der Waals surface area contributed by atoms with E-state index in [0.29, 0.717) is 12.1 Å². The highest BCUT2D eigenvalue weighted by Crippen LogP contribution is 2.18. The van der Waals surface area contributed by atoms with Crippen molar-refractivity contribution in [3.63, 3.8) is 0 Å². The van der Waals surface area contributed by atoms with Gasteiger partial charge in [-0.15, -0.1) is 0 Å². The second-order valence-electron chi connectivity index (χ2n) is 4.25. The molecule has 0 bridgehead atoms. The van der Waals surface area contributed by atoms with E-state index in [1.54, 1.807) is 19.1 Å². The van der Waals surface area contributed by atoms with Gasteiger partial charge in [-0.25, -0.2) is 0 Å². The summed E-state index contributed by atoms with van der Waals surface area (Å²) in [6.07, 6.45) is 0.687. The first-order chi connectivity index (χ1) is 9.20. The summed E-state index contributed by atoms with van der Waals surface area (Å²) in [5, 5.41) is 3.53. The molecule has 0 amide bonds. The Kier molecular flexibility index (Phi) is 3.96. The number of rotatable bonds is 4. The van der Waals surface area contributed by atoms with E-state index in [4.69, 9.17) is 5.53 Å². The van der Waals surface area contributed by atoms with Crippen molar-refractivity contribution in [1.82, 2.24) is 0 Å². The molecule has 0 spiro atoms. The maximum absolute atomic E-state index is 11.5. The zero-order valence-electron chi connectivity index (χ0n) is 10.6. The predicted molar refractivity (Wildman–Crippen MR) is 74.5 cm³/mol. The van der Waals surface area contributed by atoms with Crippen LogP contribution in [0.15, 0.2) is 53.6 Å². The molecule has 4 nitrogen and oxygen atoms in total. The van der Waals surface area contributed by atoms with Gasteiger partial charge in [-0.1, -0.05) is 53.6 Å². The van der Waals surface area contributed by atoms with Gasteiger partial charge in [0.25, 0.3) is 0 Å². The van der Waals surface area contributed by atoms with Crippen LogP contribution in [0, 0.1) is 0 Å². The Labute approximate surface area is 111 Å². The standard InChI is InChI=1S/C15H13N3O/c1-11(19)15-5-3-2-4-13(15)10-12-6-8-14(9-7-12)17-18-16/h2-9H,10H2,1H3. The molecule has 0 saturated carbocycles. The minimum atomic E-state index is 0.0706. The number of carbonyl (C=O) groups excluding carboxylic acids is 1. The first kappa shape index (κ1) is 12.9. The minimum absolute atomic E-state index is 0.0706. The van der Waals surface area contributed by atoms with Crippen molar-refractivity contribution in [2.45, 2.75) is 13.3 Å². The summed E-state index contributed by atoms with van der Waals surface area (Å²) in [5.74, 6) is 0.0706. The van der Waals surface area contributed by atoms with Crippen LogP contribution in [0.1, 0.15) is 28.4 Å². The number of nitrogens with zero attached hydrogens (tertiary/aromatic N) is 3. The number of ketones is 1. The Balaban J connectivity index is 2.26. The lowest BCUT2D eigenvalue weighted by Gasteiger charge is -2.07. The number of hydrogen-bond acceptors (Lipinski definition) is 2. The number of azide groups is 1. The Morgan fingerprint density at radius 1 is 1.16 bits per heavy atom. The smallest absolute Gasteiger partial charge is 0.160 e. The van der Waals surface area contributed by atoms with E-state index in [1.165, 1.54) is 0 Å². The van der Waals surface area contributed by atoms with Gasteiger partial charge in [0.2, 0.25) is 0 Å². The molecular weight excluding hydrogens is 238 g/mol. The normalized spacial score (nSPS) is 9.74. The fourth-order valence-corrected chi connectivity index (χ4v) is 1.97. The van der Waals surface area contributed by atoms with E-state index in [-0.39, 0.29) is 5.78 Å². The molecule has 0 saturated heterocycles. The Morgan fingerprint density at radius 2 is 1.84 bits per heavy atom. The van der Waals surface area contributed by atoms with Crippen molar-refractivity contribution in [2.75, 3.05) is 0 Å². The van der Waals surface area contributed by atoms with Crippen LogP contribution in [0.4, 0.5) is 5.69 Å². The average molecular weight is 251 g/mol. The molecule has 0 N–H and O–H groups in total. The van der Waals surface area contributed by atoms with Crippen molar-refractivity contribution < 1.29 is 4.79 Å². The number of hydrogen-bond donors (Lipinski definition) is 0. The maximum Gasteiger partial charge on any atom is 0.160 e. The summed E-state index contributed by atoms with van der Waals surface area (Å²) in [6.45, 7) is 1.57. The zero-order valence-corrected chi connectivity index (χ0v) is 10.6. The van der Waals surface area contributed by atoms with Crippen LogP contribution in [-0.4, -0.2) is 5.78 Å². The van der Waals surface area contributed by atoms with Crippen LogP contribution in [0.5, 0.6) is 0 Å². The molecule has 0 aliphatic rings. The van der Waals surface area contributed by atoms with Crippen molar-refractivity contribution in [3.8, 4) is 0 Å². The van der Waals surface area contributed by atoms with Gasteiger partial charge in [-0.3, -0.25) is 4.79 Å². The second kappa shape index (κ2) is 5.85. The molecule has 0 heterocycles. The lowest BCUT2D eigenvalue weighted by molar-refractivity contribution is 0.101. The molecule has 2 aromatic carbocycles. The number of benzene rings is 2. The van der Waals surface area contributed by atoms with Gasteiger partial charge in [0, 0.05) is 16.2 Å². The Hall–Kier alpha value is -2.58. The lowest BCUT2D eigenvalue weighted by Crippen LogP contribution is -1.99. The van der Waals surface area contributed by atoms with Gasteiger partial charge < -0.3 is 0 Å². The molecule has 0 radical (unpaired) electrons. The van der Waals surface area contributed by atoms with Gasteiger partial charge in [0.1, 0.15) is 0 Å². The molecule has 2 rings (SSSR count). The molecule has 2 aromatic rings. The van der Waals surface area contributed by atoms with Crippen molar-refractivity contribution >= 4 is 11.5 Å². The lowest BCUT2D eigenvalue weighted by atomic mass is 9.98. The third-order valence-corrected chi connectivity index (χ3v) is 2.89. The van der Waals surface area contributed by atoms with Gasteiger partial charge >= 0.3 is 0 Å². The van der Waals surface area contributed by atoms with Crippen LogP contribution in [-0.2, 0) is 6.42 Å². The van der Waals surface area contributed by atoms with Crippen molar-refractivity contribution in [2.24, 2.45) is 5.11 Å². The molecule has 0 unspecified atom stereocenters. The molecule has 0 aliphatic heterocycles. The average Bonchev–Trinajstić information content (AvgIpc) is 2.42. The third-order valence-electron chi connectivity index (χ3n) is 2.89. The number of carbonyl (C=O) groups is 1. The molecule has 0 aromatic heterocycles. The van der Waals surface area contributed by atoms with E-state index in [1.807, 2.05) is 36.4 Å². The highest BCUT2D eigenvalue weighted by molar-refractivity contribution is 5.95. The van der Waals surface area contributed by atoms with Crippen molar-refractivity contribution in [1.29, 1.82) is 0 Å². The molecule has 94 valence electrons. The van der Waals surface area contributed by atoms with Gasteiger partial charge in [-0.2, -0.15) is 0 Å². The second-order valence-corrected chi connectivity index (χ2v) is 4.25. The topological polar surface area (TPSA) is 65.8 Å². The van der Waals surface area contributed by atoms with E-state index < -0.39 is 0 Å². The minimum Gasteiger partial charge on any atom is -0.295 e. The monoisotopic (exact) mass is 251 g/mol. The van der Waals surface area contributed by atoms with E-state index >= 15 is 0 Å². The first-order valence-corrected chi connectivity index (χ1v) is 5.93. The quantitative estimate of drug-likeness (QED) is 0.343. The molecule has 0 fully saturated rings. The van der Waals surface area contributed by atoms with Crippen molar-refractivity contribution in [3.05, 3.63) is 75.7 Å². The van der Waals surface area contributed by atoms with Crippen LogP contribution in [0.2, 0.25) is 0 Å². The fourth-order valence-electron chi connectivity index (χ4n) is 1.97. The van der Waals surface area contributed by atoms with E-state index in [0.717, 1.165) is 16.7 Å². The molecule has 4 heteroatoms. The van der Waals surface area contributed by atoms with Gasteiger partial charge in [-0.05, 0) is 30.0 Å². The van der Waals surface area contributed by atoms with Gasteiger partial charge in [0.15, 0.2) is 5.78 Å². The Bertz CT molecular complexity index is 641. The van der Waals surface area contributed by atoms with Crippen LogP contribution in [0.25, 0.3) is 10.4 Å². The summed E-state index contributed by atoms with van der Waals surface area (Å²) >= 11 is 0. The SMILES string of the molecule is CC(=O)c1ccccc1Cc1ccc(N=[N+]=[N-])cc1. The van der Waals surface area contributed by atoms with Crippen LogP contribution in [0.3, 0.4) is 0 Å². The molecule has 19 heavy (non-hydrogen) atoms. The van der Waals surface area contributed by atoms with Crippen LogP contribution < -0.4 is 0 Å². The molecular formula is C15H13N3O. The summed E-state index contributed by atoms with van der Waals surface area (Å²) < 4.78 is 0. The highest BCUT2D eigenvalue weighted by Gasteiger charge is 2.06.